The Bertz CT molecular complexity index is 501. The molecule has 1 saturated heterocycles. The quantitative estimate of drug-likeness (QED) is 0.833. The van der Waals surface area contributed by atoms with Crippen LogP contribution in [0.25, 0.3) is 0 Å². The molecule has 2 unspecified atom stereocenters. The van der Waals surface area contributed by atoms with Crippen LogP contribution in [-0.4, -0.2) is 49.7 Å². The summed E-state index contributed by atoms with van der Waals surface area (Å²) in [6.45, 7) is 10.6. The van der Waals surface area contributed by atoms with E-state index in [1.807, 2.05) is 31.2 Å². The minimum atomic E-state index is -0.633. The molecule has 128 valence electrons. The van der Waals surface area contributed by atoms with E-state index >= 15 is 0 Å². The molecule has 5 heteroatoms. The third-order valence-corrected chi connectivity index (χ3v) is 4.07. The third kappa shape index (κ3) is 5.61. The Morgan fingerprint density at radius 2 is 2.09 bits per heavy atom. The lowest BCUT2D eigenvalue weighted by atomic mass is 10.1. The molecule has 0 aliphatic carbocycles. The number of carbonyl (C=O) groups is 1. The van der Waals surface area contributed by atoms with Crippen LogP contribution < -0.4 is 11.1 Å². The normalized spacial score (nSPS) is 20.5. The maximum Gasteiger partial charge on any atom is 0.241 e. The first-order valence-electron chi connectivity index (χ1n) is 8.39. The van der Waals surface area contributed by atoms with Crippen molar-refractivity contribution in [2.75, 3.05) is 32.8 Å². The van der Waals surface area contributed by atoms with Gasteiger partial charge in [-0.3, -0.25) is 9.69 Å². The zero-order chi connectivity index (χ0) is 16.8. The summed E-state index contributed by atoms with van der Waals surface area (Å²) in [4.78, 5) is 14.6. The molecule has 2 rings (SSSR count). The van der Waals surface area contributed by atoms with Crippen molar-refractivity contribution < 1.29 is 9.53 Å². The Morgan fingerprint density at radius 1 is 1.39 bits per heavy atom. The lowest BCUT2D eigenvalue weighted by Crippen LogP contribution is -2.49. The number of benzene rings is 1. The number of morpholine rings is 1. The Hall–Kier alpha value is -1.43. The topological polar surface area (TPSA) is 67.6 Å². The summed E-state index contributed by atoms with van der Waals surface area (Å²) in [6, 6.07) is 7.11. The number of amides is 1. The monoisotopic (exact) mass is 319 g/mol. The SMILES string of the molecule is Cc1ccc(C(N)C(=O)NCC2CN(CC(C)C)CCO2)cc1. The zero-order valence-electron chi connectivity index (χ0n) is 14.4. The van der Waals surface area contributed by atoms with E-state index < -0.39 is 6.04 Å². The van der Waals surface area contributed by atoms with Gasteiger partial charge in [0.2, 0.25) is 5.91 Å². The molecule has 0 radical (unpaired) electrons. The molecule has 1 aromatic rings. The van der Waals surface area contributed by atoms with Crippen LogP contribution in [0.1, 0.15) is 31.0 Å². The number of rotatable bonds is 6. The standard InChI is InChI=1S/C18H29N3O2/c1-13(2)11-21-8-9-23-16(12-21)10-20-18(22)17(19)15-6-4-14(3)5-7-15/h4-7,13,16-17H,8-12,19H2,1-3H3,(H,20,22). The van der Waals surface area contributed by atoms with Crippen molar-refractivity contribution in [3.8, 4) is 0 Å². The van der Waals surface area contributed by atoms with E-state index in [-0.39, 0.29) is 12.0 Å². The van der Waals surface area contributed by atoms with Crippen LogP contribution in [0.15, 0.2) is 24.3 Å². The van der Waals surface area contributed by atoms with Gasteiger partial charge in [0.05, 0.1) is 12.7 Å². The van der Waals surface area contributed by atoms with Crippen LogP contribution in [0.3, 0.4) is 0 Å². The van der Waals surface area contributed by atoms with Gasteiger partial charge in [0.15, 0.2) is 0 Å². The molecule has 0 aromatic heterocycles. The van der Waals surface area contributed by atoms with Gasteiger partial charge in [0.25, 0.3) is 0 Å². The largest absolute Gasteiger partial charge is 0.374 e. The highest BCUT2D eigenvalue weighted by Gasteiger charge is 2.23. The molecule has 1 aliphatic heterocycles. The summed E-state index contributed by atoms with van der Waals surface area (Å²) in [6.07, 6.45) is 0.0386. The summed E-state index contributed by atoms with van der Waals surface area (Å²) in [5.74, 6) is 0.483. The molecule has 1 aliphatic rings. The molecule has 1 aromatic carbocycles. The van der Waals surface area contributed by atoms with E-state index in [4.69, 9.17) is 10.5 Å². The van der Waals surface area contributed by atoms with Gasteiger partial charge in [0, 0.05) is 26.2 Å². The van der Waals surface area contributed by atoms with E-state index in [0.29, 0.717) is 12.5 Å². The lowest BCUT2D eigenvalue weighted by molar-refractivity contribution is -0.123. The number of carbonyl (C=O) groups excluding carboxylic acids is 1. The summed E-state index contributed by atoms with van der Waals surface area (Å²) < 4.78 is 5.74. The molecule has 0 saturated carbocycles. The minimum absolute atomic E-state index is 0.0386. The van der Waals surface area contributed by atoms with Crippen LogP contribution in [0.2, 0.25) is 0 Å². The Kier molecular flexibility index (Phi) is 6.57. The second-order valence-electron chi connectivity index (χ2n) is 6.78. The Labute approximate surface area is 139 Å². The number of hydrogen-bond acceptors (Lipinski definition) is 4. The van der Waals surface area contributed by atoms with E-state index in [0.717, 1.165) is 37.4 Å². The van der Waals surface area contributed by atoms with Crippen LogP contribution in [0, 0.1) is 12.8 Å². The average Bonchev–Trinajstić information content (AvgIpc) is 2.52. The predicted molar refractivity (Wildman–Crippen MR) is 92.1 cm³/mol. The zero-order valence-corrected chi connectivity index (χ0v) is 14.4. The van der Waals surface area contributed by atoms with Crippen molar-refractivity contribution >= 4 is 5.91 Å². The number of aryl methyl sites for hydroxylation is 1. The second-order valence-corrected chi connectivity index (χ2v) is 6.78. The van der Waals surface area contributed by atoms with Crippen molar-refractivity contribution in [1.29, 1.82) is 0 Å². The van der Waals surface area contributed by atoms with Gasteiger partial charge >= 0.3 is 0 Å². The second kappa shape index (κ2) is 8.43. The predicted octanol–water partition coefficient (Wildman–Crippen LogP) is 1.47. The van der Waals surface area contributed by atoms with Gasteiger partial charge in [0.1, 0.15) is 6.04 Å². The van der Waals surface area contributed by atoms with E-state index in [1.54, 1.807) is 0 Å². The maximum atomic E-state index is 12.2. The first kappa shape index (κ1) is 17.9. The fourth-order valence-electron chi connectivity index (χ4n) is 2.84. The summed E-state index contributed by atoms with van der Waals surface area (Å²) in [5, 5.41) is 2.92. The third-order valence-electron chi connectivity index (χ3n) is 4.07. The fraction of sp³-hybridized carbons (Fsp3) is 0.611. The lowest BCUT2D eigenvalue weighted by Gasteiger charge is -2.34. The smallest absolute Gasteiger partial charge is 0.241 e. The van der Waals surface area contributed by atoms with Gasteiger partial charge in [-0.05, 0) is 18.4 Å². The molecule has 3 N–H and O–H groups in total. The van der Waals surface area contributed by atoms with Gasteiger partial charge in [-0.2, -0.15) is 0 Å². The number of nitrogens with one attached hydrogen (secondary N) is 1. The van der Waals surface area contributed by atoms with Crippen molar-refractivity contribution in [2.24, 2.45) is 11.7 Å². The molecule has 0 bridgehead atoms. The fourth-order valence-corrected chi connectivity index (χ4v) is 2.84. The van der Waals surface area contributed by atoms with Crippen LogP contribution in [0.5, 0.6) is 0 Å². The number of hydrogen-bond donors (Lipinski definition) is 2. The summed E-state index contributed by atoms with van der Waals surface area (Å²) in [7, 11) is 0. The van der Waals surface area contributed by atoms with Crippen molar-refractivity contribution in [1.82, 2.24) is 10.2 Å². The van der Waals surface area contributed by atoms with Crippen molar-refractivity contribution in [3.63, 3.8) is 0 Å². The average molecular weight is 319 g/mol. The molecular weight excluding hydrogens is 290 g/mol. The molecule has 5 nitrogen and oxygen atoms in total. The number of nitrogens with zero attached hydrogens (tertiary/aromatic N) is 1. The molecule has 0 spiro atoms. The molecule has 1 fully saturated rings. The van der Waals surface area contributed by atoms with E-state index in [2.05, 4.69) is 24.1 Å². The van der Waals surface area contributed by atoms with Crippen LogP contribution in [0.4, 0.5) is 0 Å². The Morgan fingerprint density at radius 3 is 2.74 bits per heavy atom. The number of ether oxygens (including phenoxy) is 1. The van der Waals surface area contributed by atoms with Crippen LogP contribution >= 0.6 is 0 Å². The van der Waals surface area contributed by atoms with Crippen molar-refractivity contribution in [3.05, 3.63) is 35.4 Å². The van der Waals surface area contributed by atoms with Gasteiger partial charge < -0.3 is 15.8 Å². The molecule has 23 heavy (non-hydrogen) atoms. The summed E-state index contributed by atoms with van der Waals surface area (Å²) >= 11 is 0. The number of nitrogens with two attached hydrogens (primary N) is 1. The highest BCUT2D eigenvalue weighted by atomic mass is 16.5. The maximum absolute atomic E-state index is 12.2. The van der Waals surface area contributed by atoms with Crippen LogP contribution in [-0.2, 0) is 9.53 Å². The van der Waals surface area contributed by atoms with Gasteiger partial charge in [-0.25, -0.2) is 0 Å². The molecular formula is C18H29N3O2. The Balaban J connectivity index is 1.80. The highest BCUT2D eigenvalue weighted by molar-refractivity contribution is 5.82. The first-order valence-corrected chi connectivity index (χ1v) is 8.39. The van der Waals surface area contributed by atoms with Gasteiger partial charge in [-0.1, -0.05) is 43.7 Å². The van der Waals surface area contributed by atoms with Gasteiger partial charge in [-0.15, -0.1) is 0 Å². The summed E-state index contributed by atoms with van der Waals surface area (Å²) in [5.41, 5.74) is 8.02. The molecule has 1 heterocycles. The molecule has 2 atom stereocenters. The molecule has 1 amide bonds. The minimum Gasteiger partial charge on any atom is -0.374 e. The highest BCUT2D eigenvalue weighted by Crippen LogP contribution is 2.12. The van der Waals surface area contributed by atoms with Crippen molar-refractivity contribution in [2.45, 2.75) is 32.9 Å². The first-order chi connectivity index (χ1) is 11.0. The van der Waals surface area contributed by atoms with E-state index in [1.165, 1.54) is 0 Å². The van der Waals surface area contributed by atoms with E-state index in [9.17, 15) is 4.79 Å².